The smallest absolute Gasteiger partial charge is 0.291 e. The van der Waals surface area contributed by atoms with Gasteiger partial charge in [-0.2, -0.15) is 11.8 Å². The molecule has 106 valence electrons. The number of carbonyl (C=O) groups is 1. The molecule has 2 aromatic rings. The Labute approximate surface area is 123 Å². The number of aromatic nitrogens is 2. The number of amides is 1. The Morgan fingerprint density at radius 2 is 2.15 bits per heavy atom. The quantitative estimate of drug-likeness (QED) is 0.915. The van der Waals surface area contributed by atoms with E-state index in [1.807, 2.05) is 55.1 Å². The zero-order valence-electron chi connectivity index (χ0n) is 12.0. The maximum Gasteiger partial charge on any atom is 0.291 e. The summed E-state index contributed by atoms with van der Waals surface area (Å²) >= 11 is 1.73. The molecule has 2 rings (SSSR count). The Balaban J connectivity index is 2.21. The number of para-hydroxylation sites is 1. The van der Waals surface area contributed by atoms with Gasteiger partial charge in [-0.15, -0.1) is 0 Å². The Bertz CT molecular complexity index is 592. The second kappa shape index (κ2) is 6.61. The number of hydrogen-bond donors (Lipinski definition) is 1. The first-order valence-corrected chi connectivity index (χ1v) is 7.94. The normalized spacial score (nSPS) is 10.8. The lowest BCUT2D eigenvalue weighted by molar-refractivity contribution is 0.101. The number of hydrogen-bond acceptors (Lipinski definition) is 3. The first-order valence-electron chi connectivity index (χ1n) is 6.54. The van der Waals surface area contributed by atoms with Gasteiger partial charge in [0.25, 0.3) is 5.91 Å². The van der Waals surface area contributed by atoms with Crippen LogP contribution in [-0.2, 0) is 5.75 Å². The van der Waals surface area contributed by atoms with Crippen LogP contribution in [0.1, 0.15) is 36.1 Å². The maximum absolute atomic E-state index is 12.4. The van der Waals surface area contributed by atoms with Gasteiger partial charge in [-0.3, -0.25) is 4.79 Å². The van der Waals surface area contributed by atoms with Crippen molar-refractivity contribution in [3.8, 4) is 0 Å². The Kier molecular flexibility index (Phi) is 4.84. The Morgan fingerprint density at radius 3 is 2.85 bits per heavy atom. The molecule has 0 aliphatic rings. The monoisotopic (exact) mass is 289 g/mol. The molecule has 20 heavy (non-hydrogen) atoms. The molecule has 0 aliphatic carbocycles. The fraction of sp³-hybridized carbons (Fsp3) is 0.333. The molecule has 1 aromatic heterocycles. The molecule has 5 heteroatoms. The molecule has 0 spiro atoms. The van der Waals surface area contributed by atoms with Gasteiger partial charge in [-0.25, -0.2) is 4.98 Å². The van der Waals surface area contributed by atoms with E-state index in [-0.39, 0.29) is 11.9 Å². The van der Waals surface area contributed by atoms with E-state index < -0.39 is 0 Å². The summed E-state index contributed by atoms with van der Waals surface area (Å²) in [5, 5.41) is 2.96. The predicted molar refractivity (Wildman–Crippen MR) is 84.2 cm³/mol. The summed E-state index contributed by atoms with van der Waals surface area (Å²) < 4.78 is 1.87. The number of carbonyl (C=O) groups excluding carboxylic acids is 1. The average Bonchev–Trinajstić information content (AvgIpc) is 2.91. The maximum atomic E-state index is 12.4. The van der Waals surface area contributed by atoms with E-state index in [1.165, 1.54) is 0 Å². The van der Waals surface area contributed by atoms with Crippen molar-refractivity contribution >= 4 is 23.4 Å². The lowest BCUT2D eigenvalue weighted by Gasteiger charge is -2.13. The van der Waals surface area contributed by atoms with Crippen LogP contribution < -0.4 is 5.32 Å². The average molecular weight is 289 g/mol. The number of imidazole rings is 1. The first-order chi connectivity index (χ1) is 9.63. The van der Waals surface area contributed by atoms with Gasteiger partial charge in [-0.05, 0) is 31.7 Å². The van der Waals surface area contributed by atoms with Gasteiger partial charge in [0, 0.05) is 29.9 Å². The zero-order valence-corrected chi connectivity index (χ0v) is 12.8. The van der Waals surface area contributed by atoms with Crippen LogP contribution in [0.3, 0.4) is 0 Å². The van der Waals surface area contributed by atoms with Gasteiger partial charge in [0.1, 0.15) is 0 Å². The minimum Gasteiger partial charge on any atom is -0.324 e. The van der Waals surface area contributed by atoms with Crippen LogP contribution in [-0.4, -0.2) is 21.7 Å². The molecule has 0 aliphatic heterocycles. The summed E-state index contributed by atoms with van der Waals surface area (Å²) in [6, 6.07) is 8.07. The van der Waals surface area contributed by atoms with Crippen LogP contribution in [0.4, 0.5) is 5.69 Å². The summed E-state index contributed by atoms with van der Waals surface area (Å²) in [5.74, 6) is 1.14. The lowest BCUT2D eigenvalue weighted by atomic mass is 10.2. The number of benzene rings is 1. The van der Waals surface area contributed by atoms with Gasteiger partial charge >= 0.3 is 0 Å². The molecule has 0 unspecified atom stereocenters. The number of rotatable bonds is 5. The van der Waals surface area contributed by atoms with Crippen molar-refractivity contribution < 1.29 is 4.79 Å². The Morgan fingerprint density at radius 1 is 1.40 bits per heavy atom. The largest absolute Gasteiger partial charge is 0.324 e. The van der Waals surface area contributed by atoms with E-state index in [1.54, 1.807) is 18.0 Å². The lowest BCUT2D eigenvalue weighted by Crippen LogP contribution is -2.19. The first kappa shape index (κ1) is 14.7. The standard InChI is InChI=1S/C15H19N3OS/c1-11(2)18-9-8-16-14(18)15(19)17-13-7-5-4-6-12(13)10-20-3/h4-9,11H,10H2,1-3H3,(H,17,19). The van der Waals surface area contributed by atoms with Crippen LogP contribution in [0.25, 0.3) is 0 Å². The third-order valence-electron chi connectivity index (χ3n) is 2.99. The van der Waals surface area contributed by atoms with E-state index in [9.17, 15) is 4.79 Å². The summed E-state index contributed by atoms with van der Waals surface area (Å²) in [6.07, 6.45) is 5.53. The molecule has 0 saturated carbocycles. The van der Waals surface area contributed by atoms with Gasteiger partial charge in [-0.1, -0.05) is 18.2 Å². The van der Waals surface area contributed by atoms with Crippen LogP contribution in [0.2, 0.25) is 0 Å². The number of nitrogens with zero attached hydrogens (tertiary/aromatic N) is 2. The highest BCUT2D eigenvalue weighted by molar-refractivity contribution is 7.97. The van der Waals surface area contributed by atoms with E-state index in [0.29, 0.717) is 5.82 Å². The van der Waals surface area contributed by atoms with Crippen molar-refractivity contribution in [3.63, 3.8) is 0 Å². The van der Waals surface area contributed by atoms with Gasteiger partial charge in [0.15, 0.2) is 5.82 Å². The van der Waals surface area contributed by atoms with E-state index in [0.717, 1.165) is 17.0 Å². The molecule has 4 nitrogen and oxygen atoms in total. The SMILES string of the molecule is CSCc1ccccc1NC(=O)c1nccn1C(C)C. The van der Waals surface area contributed by atoms with Crippen molar-refractivity contribution in [2.24, 2.45) is 0 Å². The molecular weight excluding hydrogens is 270 g/mol. The van der Waals surface area contributed by atoms with E-state index in [4.69, 9.17) is 0 Å². The summed E-state index contributed by atoms with van der Waals surface area (Å²) in [6.45, 7) is 4.06. The molecule has 0 saturated heterocycles. The fourth-order valence-corrected chi connectivity index (χ4v) is 2.57. The van der Waals surface area contributed by atoms with Gasteiger partial charge in [0.05, 0.1) is 0 Å². The number of thioether (sulfide) groups is 1. The summed E-state index contributed by atoms with van der Waals surface area (Å²) in [5.41, 5.74) is 1.97. The third kappa shape index (κ3) is 3.22. The molecule has 1 aromatic carbocycles. The van der Waals surface area contributed by atoms with Crippen molar-refractivity contribution in [3.05, 3.63) is 48.0 Å². The molecule has 0 radical (unpaired) electrons. The van der Waals surface area contributed by atoms with Crippen LogP contribution >= 0.6 is 11.8 Å². The zero-order chi connectivity index (χ0) is 14.5. The predicted octanol–water partition coefficient (Wildman–Crippen LogP) is 3.58. The molecule has 1 amide bonds. The van der Waals surface area contributed by atoms with Crippen molar-refractivity contribution in [2.75, 3.05) is 11.6 Å². The van der Waals surface area contributed by atoms with Crippen LogP contribution in [0, 0.1) is 0 Å². The minimum atomic E-state index is -0.169. The topological polar surface area (TPSA) is 46.9 Å². The third-order valence-corrected chi connectivity index (χ3v) is 3.59. The number of anilines is 1. The minimum absolute atomic E-state index is 0.169. The number of nitrogens with one attached hydrogen (secondary N) is 1. The fourth-order valence-electron chi connectivity index (χ4n) is 2.01. The molecule has 0 fully saturated rings. The second-order valence-corrected chi connectivity index (χ2v) is 5.66. The van der Waals surface area contributed by atoms with E-state index >= 15 is 0 Å². The van der Waals surface area contributed by atoms with Crippen LogP contribution in [0.5, 0.6) is 0 Å². The Hall–Kier alpha value is -1.75. The second-order valence-electron chi connectivity index (χ2n) is 4.80. The molecule has 0 atom stereocenters. The molecule has 1 heterocycles. The van der Waals surface area contributed by atoms with Crippen molar-refractivity contribution in [1.29, 1.82) is 0 Å². The highest BCUT2D eigenvalue weighted by Gasteiger charge is 2.15. The summed E-state index contributed by atoms with van der Waals surface area (Å²) in [7, 11) is 0. The highest BCUT2D eigenvalue weighted by Crippen LogP contribution is 2.20. The van der Waals surface area contributed by atoms with Crippen LogP contribution in [0.15, 0.2) is 36.7 Å². The van der Waals surface area contributed by atoms with Crippen molar-refractivity contribution in [1.82, 2.24) is 9.55 Å². The van der Waals surface area contributed by atoms with Gasteiger partial charge < -0.3 is 9.88 Å². The van der Waals surface area contributed by atoms with Gasteiger partial charge in [0.2, 0.25) is 0 Å². The molecular formula is C15H19N3OS. The molecule has 0 bridgehead atoms. The highest BCUT2D eigenvalue weighted by atomic mass is 32.2. The summed E-state index contributed by atoms with van der Waals surface area (Å²) in [4.78, 5) is 16.5. The molecule has 1 N–H and O–H groups in total. The van der Waals surface area contributed by atoms with E-state index in [2.05, 4.69) is 10.3 Å². The van der Waals surface area contributed by atoms with Crippen molar-refractivity contribution in [2.45, 2.75) is 25.6 Å².